The van der Waals surface area contributed by atoms with Gasteiger partial charge in [0, 0.05) is 16.7 Å². The van der Waals surface area contributed by atoms with Crippen LogP contribution in [0.4, 0.5) is 5.69 Å². The Kier molecular flexibility index (Phi) is 5.17. The number of halogens is 1. The number of benzene rings is 1. The van der Waals surface area contributed by atoms with Gasteiger partial charge >= 0.3 is 5.97 Å². The molecule has 0 spiro atoms. The maximum absolute atomic E-state index is 10.9. The summed E-state index contributed by atoms with van der Waals surface area (Å²) < 4.78 is 0.682. The van der Waals surface area contributed by atoms with Crippen LogP contribution in [0.15, 0.2) is 22.7 Å². The molecule has 0 atom stereocenters. The van der Waals surface area contributed by atoms with Crippen molar-refractivity contribution in [3.63, 3.8) is 0 Å². The Hall–Kier alpha value is -1.54. The normalized spacial score (nSPS) is 10.2. The van der Waals surface area contributed by atoms with Gasteiger partial charge in [0.1, 0.15) is 12.6 Å². The zero-order chi connectivity index (χ0) is 13.7. The van der Waals surface area contributed by atoms with Gasteiger partial charge in [-0.2, -0.15) is 5.26 Å². The lowest BCUT2D eigenvalue weighted by atomic mass is 10.1. The SMILES string of the molecule is CC(C)CN(CC(=O)O)c1ccc(C#N)c(Br)c1. The molecule has 0 amide bonds. The molecule has 1 rings (SSSR count). The number of carboxylic acids is 1. The number of carbonyl (C=O) groups is 1. The lowest BCUT2D eigenvalue weighted by Crippen LogP contribution is -2.32. The molecule has 4 nitrogen and oxygen atoms in total. The highest BCUT2D eigenvalue weighted by Gasteiger charge is 2.13. The van der Waals surface area contributed by atoms with Crippen LogP contribution in [0.2, 0.25) is 0 Å². The van der Waals surface area contributed by atoms with E-state index in [0.717, 1.165) is 5.69 Å². The molecular formula is C13H15BrN2O2. The molecule has 0 bridgehead atoms. The maximum Gasteiger partial charge on any atom is 0.323 e. The molecule has 1 N–H and O–H groups in total. The second-order valence-electron chi connectivity index (χ2n) is 4.44. The molecule has 0 aromatic heterocycles. The summed E-state index contributed by atoms with van der Waals surface area (Å²) in [6, 6.07) is 7.30. The van der Waals surface area contributed by atoms with Crippen molar-refractivity contribution < 1.29 is 9.90 Å². The quantitative estimate of drug-likeness (QED) is 0.908. The van der Waals surface area contributed by atoms with Crippen LogP contribution in [0.1, 0.15) is 19.4 Å². The van der Waals surface area contributed by atoms with Gasteiger partial charge in [0.25, 0.3) is 0 Å². The van der Waals surface area contributed by atoms with E-state index in [1.54, 1.807) is 23.1 Å². The molecule has 0 unspecified atom stereocenters. The molecule has 0 heterocycles. The average Bonchev–Trinajstić information content (AvgIpc) is 2.26. The van der Waals surface area contributed by atoms with Crippen LogP contribution in [-0.4, -0.2) is 24.2 Å². The summed E-state index contributed by atoms with van der Waals surface area (Å²) in [6.45, 7) is 4.68. The fourth-order valence-corrected chi connectivity index (χ4v) is 2.11. The Morgan fingerprint density at radius 3 is 2.67 bits per heavy atom. The highest BCUT2D eigenvalue weighted by atomic mass is 79.9. The van der Waals surface area contributed by atoms with E-state index >= 15 is 0 Å². The van der Waals surface area contributed by atoms with E-state index in [-0.39, 0.29) is 6.54 Å². The van der Waals surface area contributed by atoms with Gasteiger partial charge in [-0.05, 0) is 40.0 Å². The Bertz CT molecular complexity index is 480. The summed E-state index contributed by atoms with van der Waals surface area (Å²) in [5, 5.41) is 17.8. The standard InChI is InChI=1S/C13H15BrN2O2/c1-9(2)7-16(8-13(17)18)11-4-3-10(6-15)12(14)5-11/h3-5,9H,7-8H2,1-2H3,(H,17,18). The van der Waals surface area contributed by atoms with E-state index in [4.69, 9.17) is 10.4 Å². The van der Waals surface area contributed by atoms with Gasteiger partial charge < -0.3 is 10.0 Å². The first-order chi connectivity index (χ1) is 8.43. The van der Waals surface area contributed by atoms with E-state index < -0.39 is 5.97 Å². The Balaban J connectivity index is 3.01. The van der Waals surface area contributed by atoms with E-state index in [1.165, 1.54) is 0 Å². The molecule has 1 aromatic carbocycles. The predicted octanol–water partition coefficient (Wildman–Crippen LogP) is 2.87. The number of hydrogen-bond acceptors (Lipinski definition) is 3. The third-order valence-corrected chi connectivity index (χ3v) is 3.01. The summed E-state index contributed by atoms with van der Waals surface area (Å²) in [5.41, 5.74) is 1.34. The predicted molar refractivity (Wildman–Crippen MR) is 73.5 cm³/mol. The zero-order valence-corrected chi connectivity index (χ0v) is 11.9. The number of carboxylic acid groups (broad SMARTS) is 1. The Morgan fingerprint density at radius 2 is 2.22 bits per heavy atom. The first kappa shape index (κ1) is 14.5. The second-order valence-corrected chi connectivity index (χ2v) is 5.30. The van der Waals surface area contributed by atoms with Crippen molar-refractivity contribution >= 4 is 27.6 Å². The van der Waals surface area contributed by atoms with Crippen molar-refractivity contribution in [1.82, 2.24) is 0 Å². The zero-order valence-electron chi connectivity index (χ0n) is 10.4. The summed E-state index contributed by atoms with van der Waals surface area (Å²) in [7, 11) is 0. The number of anilines is 1. The lowest BCUT2D eigenvalue weighted by Gasteiger charge is -2.25. The lowest BCUT2D eigenvalue weighted by molar-refractivity contribution is -0.135. The number of nitrogens with zero attached hydrogens (tertiary/aromatic N) is 2. The topological polar surface area (TPSA) is 64.3 Å². The number of nitriles is 1. The van der Waals surface area contributed by atoms with Crippen LogP contribution in [0.5, 0.6) is 0 Å². The van der Waals surface area contributed by atoms with Crippen molar-refractivity contribution in [3.05, 3.63) is 28.2 Å². The van der Waals surface area contributed by atoms with Crippen LogP contribution in [0.3, 0.4) is 0 Å². The highest BCUT2D eigenvalue weighted by molar-refractivity contribution is 9.10. The summed E-state index contributed by atoms with van der Waals surface area (Å²) in [5.74, 6) is -0.505. The van der Waals surface area contributed by atoms with Crippen molar-refractivity contribution in [2.75, 3.05) is 18.0 Å². The number of rotatable bonds is 5. The molecule has 0 saturated carbocycles. The fourth-order valence-electron chi connectivity index (χ4n) is 1.66. The van der Waals surface area contributed by atoms with Crippen LogP contribution in [0.25, 0.3) is 0 Å². The fraction of sp³-hybridized carbons (Fsp3) is 0.385. The monoisotopic (exact) mass is 310 g/mol. The van der Waals surface area contributed by atoms with Crippen molar-refractivity contribution in [2.24, 2.45) is 5.92 Å². The second kappa shape index (κ2) is 6.41. The summed E-state index contributed by atoms with van der Waals surface area (Å²) in [6.07, 6.45) is 0. The summed E-state index contributed by atoms with van der Waals surface area (Å²) in [4.78, 5) is 12.7. The minimum atomic E-state index is -0.865. The molecule has 0 aliphatic heterocycles. The van der Waals surface area contributed by atoms with Gasteiger partial charge in [0.15, 0.2) is 0 Å². The molecule has 0 aliphatic rings. The van der Waals surface area contributed by atoms with Gasteiger partial charge in [-0.1, -0.05) is 13.8 Å². The molecule has 0 aliphatic carbocycles. The Morgan fingerprint density at radius 1 is 1.56 bits per heavy atom. The molecule has 0 fully saturated rings. The van der Waals surface area contributed by atoms with Crippen LogP contribution < -0.4 is 4.90 Å². The molecular weight excluding hydrogens is 296 g/mol. The molecule has 96 valence electrons. The van der Waals surface area contributed by atoms with Crippen LogP contribution in [0, 0.1) is 17.2 Å². The van der Waals surface area contributed by atoms with E-state index in [1.807, 2.05) is 13.8 Å². The first-order valence-electron chi connectivity index (χ1n) is 5.60. The van der Waals surface area contributed by atoms with Gasteiger partial charge in [-0.15, -0.1) is 0 Å². The minimum absolute atomic E-state index is 0.0451. The van der Waals surface area contributed by atoms with E-state index in [9.17, 15) is 4.79 Å². The van der Waals surface area contributed by atoms with Crippen molar-refractivity contribution in [1.29, 1.82) is 5.26 Å². The van der Waals surface area contributed by atoms with Crippen molar-refractivity contribution in [3.8, 4) is 6.07 Å². The largest absolute Gasteiger partial charge is 0.480 e. The number of hydrogen-bond donors (Lipinski definition) is 1. The third kappa shape index (κ3) is 4.04. The number of aliphatic carboxylic acids is 1. The molecule has 0 saturated heterocycles. The Labute approximate surface area is 115 Å². The van der Waals surface area contributed by atoms with Crippen LogP contribution >= 0.6 is 15.9 Å². The molecule has 0 radical (unpaired) electrons. The van der Waals surface area contributed by atoms with Gasteiger partial charge in [-0.25, -0.2) is 0 Å². The maximum atomic E-state index is 10.9. The molecule has 1 aromatic rings. The molecule has 5 heteroatoms. The van der Waals surface area contributed by atoms with Crippen molar-refractivity contribution in [2.45, 2.75) is 13.8 Å². The van der Waals surface area contributed by atoms with Gasteiger partial charge in [-0.3, -0.25) is 4.79 Å². The average molecular weight is 311 g/mol. The smallest absolute Gasteiger partial charge is 0.323 e. The molecule has 18 heavy (non-hydrogen) atoms. The van der Waals surface area contributed by atoms with E-state index in [2.05, 4.69) is 22.0 Å². The minimum Gasteiger partial charge on any atom is -0.480 e. The van der Waals surface area contributed by atoms with Crippen LogP contribution in [-0.2, 0) is 4.79 Å². The van der Waals surface area contributed by atoms with Gasteiger partial charge in [0.05, 0.1) is 5.56 Å². The first-order valence-corrected chi connectivity index (χ1v) is 6.39. The van der Waals surface area contributed by atoms with E-state index in [0.29, 0.717) is 22.5 Å². The van der Waals surface area contributed by atoms with Gasteiger partial charge in [0.2, 0.25) is 0 Å². The third-order valence-electron chi connectivity index (χ3n) is 2.35. The summed E-state index contributed by atoms with van der Waals surface area (Å²) >= 11 is 3.31. The highest BCUT2D eigenvalue weighted by Crippen LogP contribution is 2.24.